The van der Waals surface area contributed by atoms with Crippen molar-refractivity contribution in [1.82, 2.24) is 5.32 Å². The van der Waals surface area contributed by atoms with Gasteiger partial charge in [0.15, 0.2) is 0 Å². The number of phenols is 1. The Morgan fingerprint density at radius 2 is 2.29 bits per heavy atom. The molecule has 92 valence electrons. The van der Waals surface area contributed by atoms with Gasteiger partial charge in [-0.2, -0.15) is 0 Å². The molecule has 4 nitrogen and oxygen atoms in total. The highest BCUT2D eigenvalue weighted by Gasteiger charge is 2.13. The lowest BCUT2D eigenvalue weighted by atomic mass is 10.1. The minimum absolute atomic E-state index is 0.102. The van der Waals surface area contributed by atoms with Gasteiger partial charge in [0.05, 0.1) is 10.6 Å². The topological polar surface area (TPSA) is 75.3 Å². The number of phenolic OH excluding ortho intramolecular Hbond substituents is 1. The van der Waals surface area contributed by atoms with Gasteiger partial charge in [0, 0.05) is 17.5 Å². The van der Waals surface area contributed by atoms with Gasteiger partial charge in [-0.25, -0.2) is 0 Å². The van der Waals surface area contributed by atoms with Gasteiger partial charge in [0.25, 0.3) is 5.91 Å². The number of hydrogen-bond donors (Lipinski definition) is 3. The summed E-state index contributed by atoms with van der Waals surface area (Å²) in [6.07, 6.45) is 0. The first kappa shape index (κ1) is 13.7. The minimum Gasteiger partial charge on any atom is -0.507 e. The number of rotatable bonds is 4. The lowest BCUT2D eigenvalue weighted by Gasteiger charge is -2.11. The first-order chi connectivity index (χ1) is 7.91. The maximum Gasteiger partial charge on any atom is 0.255 e. The Kier molecular flexibility index (Phi) is 4.72. The van der Waals surface area contributed by atoms with E-state index in [0.717, 1.165) is 0 Å². The summed E-state index contributed by atoms with van der Waals surface area (Å²) < 4.78 is 0. The number of halogens is 1. The monoisotopic (exact) mass is 272 g/mol. The van der Waals surface area contributed by atoms with Gasteiger partial charge in [-0.3, -0.25) is 4.79 Å². The highest BCUT2D eigenvalue weighted by Crippen LogP contribution is 2.21. The van der Waals surface area contributed by atoms with Crippen molar-refractivity contribution in [2.45, 2.75) is 6.92 Å². The summed E-state index contributed by atoms with van der Waals surface area (Å²) in [4.78, 5) is 12.1. The summed E-state index contributed by atoms with van der Waals surface area (Å²) in [5.41, 5.74) is 5.56. The first-order valence-corrected chi connectivity index (χ1v) is 5.76. The van der Waals surface area contributed by atoms with E-state index >= 15 is 0 Å². The molecule has 0 bridgehead atoms. The predicted octanol–water partition coefficient (Wildman–Crippen LogP) is 1.70. The molecule has 0 aromatic heterocycles. The molecule has 1 aromatic rings. The molecular formula is C11H13ClN2O2S. The van der Waals surface area contributed by atoms with Gasteiger partial charge in [0.2, 0.25) is 0 Å². The molecule has 0 saturated carbocycles. The third kappa shape index (κ3) is 3.87. The van der Waals surface area contributed by atoms with Crippen LogP contribution in [0.4, 0.5) is 0 Å². The van der Waals surface area contributed by atoms with Crippen molar-refractivity contribution in [2.75, 3.05) is 6.54 Å². The van der Waals surface area contributed by atoms with Crippen molar-refractivity contribution in [1.29, 1.82) is 0 Å². The Morgan fingerprint density at radius 3 is 2.88 bits per heavy atom. The Balaban J connectivity index is 2.70. The Hall–Kier alpha value is -1.33. The fourth-order valence-corrected chi connectivity index (χ4v) is 1.39. The van der Waals surface area contributed by atoms with E-state index in [2.05, 4.69) is 5.32 Å². The molecule has 1 aromatic carbocycles. The number of nitrogens with two attached hydrogens (primary N) is 1. The number of nitrogens with one attached hydrogen (secondary N) is 1. The zero-order valence-electron chi connectivity index (χ0n) is 9.24. The number of hydrogen-bond acceptors (Lipinski definition) is 3. The van der Waals surface area contributed by atoms with Crippen LogP contribution in [0.2, 0.25) is 5.02 Å². The van der Waals surface area contributed by atoms with Crippen LogP contribution in [0, 0.1) is 5.92 Å². The Bertz CT molecular complexity index is 451. The lowest BCUT2D eigenvalue weighted by Crippen LogP contribution is -2.33. The third-order valence-electron chi connectivity index (χ3n) is 2.26. The van der Waals surface area contributed by atoms with Gasteiger partial charge in [-0.1, -0.05) is 30.7 Å². The zero-order chi connectivity index (χ0) is 13.0. The molecule has 6 heteroatoms. The number of carbonyl (C=O) groups excluding carboxylic acids is 1. The van der Waals surface area contributed by atoms with Crippen LogP contribution in [0.1, 0.15) is 17.3 Å². The molecule has 0 aliphatic carbocycles. The van der Waals surface area contributed by atoms with Gasteiger partial charge >= 0.3 is 0 Å². The van der Waals surface area contributed by atoms with E-state index in [4.69, 9.17) is 29.6 Å². The predicted molar refractivity (Wildman–Crippen MR) is 71.4 cm³/mol. The first-order valence-electron chi connectivity index (χ1n) is 4.98. The molecule has 17 heavy (non-hydrogen) atoms. The average Bonchev–Trinajstić information content (AvgIpc) is 2.28. The minimum atomic E-state index is -0.409. The van der Waals surface area contributed by atoms with Crippen molar-refractivity contribution >= 4 is 34.7 Å². The van der Waals surface area contributed by atoms with Crippen LogP contribution >= 0.6 is 23.8 Å². The number of thiocarbonyl (C=S) groups is 1. The van der Waals surface area contributed by atoms with Gasteiger partial charge in [-0.05, 0) is 18.2 Å². The van der Waals surface area contributed by atoms with Gasteiger partial charge < -0.3 is 16.2 Å². The maximum absolute atomic E-state index is 11.7. The molecule has 0 aliphatic rings. The fraction of sp³-hybridized carbons (Fsp3) is 0.273. The molecule has 0 spiro atoms. The van der Waals surface area contributed by atoms with Crippen LogP contribution in [0.15, 0.2) is 18.2 Å². The molecule has 1 unspecified atom stereocenters. The maximum atomic E-state index is 11.7. The van der Waals surface area contributed by atoms with Crippen LogP contribution < -0.4 is 11.1 Å². The second kappa shape index (κ2) is 5.84. The summed E-state index contributed by atoms with van der Waals surface area (Å²) in [7, 11) is 0. The smallest absolute Gasteiger partial charge is 0.255 e. The van der Waals surface area contributed by atoms with E-state index in [1.165, 1.54) is 18.2 Å². The number of carbonyl (C=O) groups is 1. The summed E-state index contributed by atoms with van der Waals surface area (Å²) in [5, 5.41) is 12.5. The molecule has 0 fully saturated rings. The highest BCUT2D eigenvalue weighted by atomic mass is 35.5. The summed E-state index contributed by atoms with van der Waals surface area (Å²) >= 11 is 10.5. The molecule has 0 heterocycles. The lowest BCUT2D eigenvalue weighted by molar-refractivity contribution is 0.0948. The Morgan fingerprint density at radius 1 is 1.65 bits per heavy atom. The summed E-state index contributed by atoms with van der Waals surface area (Å²) in [6, 6.07) is 4.28. The van der Waals surface area contributed by atoms with Crippen molar-refractivity contribution in [3.05, 3.63) is 28.8 Å². The molecule has 0 radical (unpaired) electrons. The van der Waals surface area contributed by atoms with Crippen LogP contribution in [0.25, 0.3) is 0 Å². The molecular weight excluding hydrogens is 260 g/mol. The van der Waals surface area contributed by atoms with E-state index in [0.29, 0.717) is 16.6 Å². The van der Waals surface area contributed by atoms with Crippen LogP contribution in [0.3, 0.4) is 0 Å². The second-order valence-electron chi connectivity index (χ2n) is 3.67. The Labute approximate surface area is 110 Å². The molecule has 4 N–H and O–H groups in total. The van der Waals surface area contributed by atoms with Crippen molar-refractivity contribution in [3.8, 4) is 5.75 Å². The van der Waals surface area contributed by atoms with E-state index in [-0.39, 0.29) is 17.2 Å². The average molecular weight is 273 g/mol. The van der Waals surface area contributed by atoms with Gasteiger partial charge in [0.1, 0.15) is 5.75 Å². The second-order valence-corrected chi connectivity index (χ2v) is 4.58. The summed E-state index contributed by atoms with van der Waals surface area (Å²) in [6.45, 7) is 2.13. The number of benzene rings is 1. The van der Waals surface area contributed by atoms with E-state index in [1.807, 2.05) is 0 Å². The van der Waals surface area contributed by atoms with Gasteiger partial charge in [-0.15, -0.1) is 0 Å². The van der Waals surface area contributed by atoms with Crippen LogP contribution in [-0.2, 0) is 0 Å². The molecule has 1 atom stereocenters. The number of aromatic hydroxyl groups is 1. The van der Waals surface area contributed by atoms with Crippen molar-refractivity contribution < 1.29 is 9.90 Å². The quantitative estimate of drug-likeness (QED) is 0.729. The van der Waals surface area contributed by atoms with E-state index in [1.54, 1.807) is 6.92 Å². The molecule has 0 aliphatic heterocycles. The van der Waals surface area contributed by atoms with Crippen molar-refractivity contribution in [2.24, 2.45) is 11.7 Å². The van der Waals surface area contributed by atoms with E-state index < -0.39 is 5.91 Å². The van der Waals surface area contributed by atoms with Crippen LogP contribution in [-0.4, -0.2) is 22.5 Å². The molecule has 1 amide bonds. The van der Waals surface area contributed by atoms with Crippen molar-refractivity contribution in [3.63, 3.8) is 0 Å². The zero-order valence-corrected chi connectivity index (χ0v) is 10.8. The molecule has 0 saturated heterocycles. The SMILES string of the molecule is CC(CNC(=O)c1cc(Cl)ccc1O)C(N)=S. The summed E-state index contributed by atoms with van der Waals surface area (Å²) in [5.74, 6) is -0.627. The highest BCUT2D eigenvalue weighted by molar-refractivity contribution is 7.80. The van der Waals surface area contributed by atoms with Crippen LogP contribution in [0.5, 0.6) is 5.75 Å². The third-order valence-corrected chi connectivity index (χ3v) is 2.90. The standard InChI is InChI=1S/C11H13ClN2O2S/c1-6(10(13)17)5-14-11(16)8-4-7(12)2-3-9(8)15/h2-4,6,15H,5H2,1H3,(H2,13,17)(H,14,16). The molecule has 1 rings (SSSR count). The largest absolute Gasteiger partial charge is 0.507 e. The fourth-order valence-electron chi connectivity index (χ4n) is 1.13. The van der Waals surface area contributed by atoms with E-state index in [9.17, 15) is 9.90 Å². The number of amides is 1. The normalized spacial score (nSPS) is 11.9.